The summed E-state index contributed by atoms with van der Waals surface area (Å²) in [5, 5.41) is 9.59. The van der Waals surface area contributed by atoms with E-state index in [-0.39, 0.29) is 6.10 Å². The van der Waals surface area contributed by atoms with Crippen molar-refractivity contribution in [2.45, 2.75) is 65.4 Å². The van der Waals surface area contributed by atoms with Crippen molar-refractivity contribution in [3.05, 3.63) is 0 Å². The molecule has 1 heteroatoms. The molecule has 94 valence electrons. The van der Waals surface area contributed by atoms with Crippen LogP contribution in [0.5, 0.6) is 0 Å². The van der Waals surface area contributed by atoms with Gasteiger partial charge in [0, 0.05) is 0 Å². The largest absolute Gasteiger partial charge is 0.393 e. The van der Waals surface area contributed by atoms with Gasteiger partial charge < -0.3 is 5.11 Å². The van der Waals surface area contributed by atoms with Gasteiger partial charge in [0.2, 0.25) is 0 Å². The summed E-state index contributed by atoms with van der Waals surface area (Å²) in [6.45, 7) is 7.31. The number of aliphatic hydroxyl groups excluding tert-OH is 1. The molecule has 2 rings (SSSR count). The van der Waals surface area contributed by atoms with E-state index in [1.807, 2.05) is 0 Å². The van der Waals surface area contributed by atoms with Crippen LogP contribution < -0.4 is 0 Å². The third kappa shape index (κ3) is 2.61. The zero-order valence-electron chi connectivity index (χ0n) is 11.2. The molecule has 0 spiro atoms. The van der Waals surface area contributed by atoms with E-state index in [0.29, 0.717) is 0 Å². The molecule has 0 aromatic carbocycles. The molecule has 2 saturated carbocycles. The molecule has 0 heterocycles. The van der Waals surface area contributed by atoms with Crippen LogP contribution in [0.1, 0.15) is 59.3 Å². The fourth-order valence-corrected chi connectivity index (χ4v) is 4.07. The zero-order chi connectivity index (χ0) is 11.7. The molecule has 4 atom stereocenters. The molecule has 0 aromatic heterocycles. The SMILES string of the molecule is CC1CC(C)C(C2CCC(O)CC2)CC1C. The maximum Gasteiger partial charge on any atom is 0.0540 e. The zero-order valence-corrected chi connectivity index (χ0v) is 11.2. The Morgan fingerprint density at radius 3 is 1.94 bits per heavy atom. The smallest absolute Gasteiger partial charge is 0.0540 e. The van der Waals surface area contributed by atoms with E-state index in [2.05, 4.69) is 20.8 Å². The van der Waals surface area contributed by atoms with E-state index in [9.17, 15) is 5.11 Å². The van der Waals surface area contributed by atoms with Gasteiger partial charge in [-0.05, 0) is 68.1 Å². The average Bonchev–Trinajstić information content (AvgIpc) is 2.25. The molecule has 0 bridgehead atoms. The fourth-order valence-electron chi connectivity index (χ4n) is 4.07. The summed E-state index contributed by atoms with van der Waals surface area (Å²) >= 11 is 0. The first kappa shape index (κ1) is 12.4. The first-order chi connectivity index (χ1) is 7.58. The van der Waals surface area contributed by atoms with Gasteiger partial charge in [-0.15, -0.1) is 0 Å². The molecule has 1 N–H and O–H groups in total. The van der Waals surface area contributed by atoms with Crippen LogP contribution in [0, 0.1) is 29.6 Å². The fraction of sp³-hybridized carbons (Fsp3) is 1.00. The van der Waals surface area contributed by atoms with Gasteiger partial charge in [-0.2, -0.15) is 0 Å². The van der Waals surface area contributed by atoms with Crippen molar-refractivity contribution in [2.24, 2.45) is 29.6 Å². The summed E-state index contributed by atoms with van der Waals surface area (Å²) < 4.78 is 0. The minimum atomic E-state index is 0.00601. The Balaban J connectivity index is 1.93. The molecule has 0 aliphatic heterocycles. The Labute approximate surface area is 101 Å². The van der Waals surface area contributed by atoms with Crippen LogP contribution in [0.15, 0.2) is 0 Å². The van der Waals surface area contributed by atoms with Crippen molar-refractivity contribution < 1.29 is 5.11 Å². The number of hydrogen-bond acceptors (Lipinski definition) is 1. The first-order valence-electron chi connectivity index (χ1n) is 7.26. The van der Waals surface area contributed by atoms with Crippen LogP contribution in [0.2, 0.25) is 0 Å². The highest BCUT2D eigenvalue weighted by Gasteiger charge is 2.36. The van der Waals surface area contributed by atoms with Crippen molar-refractivity contribution in [3.8, 4) is 0 Å². The number of rotatable bonds is 1. The van der Waals surface area contributed by atoms with Gasteiger partial charge >= 0.3 is 0 Å². The van der Waals surface area contributed by atoms with Gasteiger partial charge in [-0.1, -0.05) is 20.8 Å². The highest BCUT2D eigenvalue weighted by Crippen LogP contribution is 2.45. The lowest BCUT2D eigenvalue weighted by atomic mass is 9.63. The lowest BCUT2D eigenvalue weighted by molar-refractivity contribution is 0.0415. The summed E-state index contributed by atoms with van der Waals surface area (Å²) in [4.78, 5) is 0. The number of aliphatic hydroxyl groups is 1. The van der Waals surface area contributed by atoms with Crippen LogP contribution in [-0.4, -0.2) is 11.2 Å². The molecule has 2 aliphatic carbocycles. The highest BCUT2D eigenvalue weighted by atomic mass is 16.3. The van der Waals surface area contributed by atoms with E-state index >= 15 is 0 Å². The topological polar surface area (TPSA) is 20.2 Å². The van der Waals surface area contributed by atoms with Crippen molar-refractivity contribution in [2.75, 3.05) is 0 Å². The van der Waals surface area contributed by atoms with Gasteiger partial charge in [-0.25, -0.2) is 0 Å². The first-order valence-corrected chi connectivity index (χ1v) is 7.26. The van der Waals surface area contributed by atoms with E-state index in [4.69, 9.17) is 0 Å². The lowest BCUT2D eigenvalue weighted by Crippen LogP contribution is -2.34. The Morgan fingerprint density at radius 2 is 1.31 bits per heavy atom. The third-order valence-corrected chi connectivity index (χ3v) is 5.44. The van der Waals surface area contributed by atoms with Gasteiger partial charge in [0.1, 0.15) is 0 Å². The number of hydrogen-bond donors (Lipinski definition) is 1. The molecule has 2 fully saturated rings. The predicted molar refractivity (Wildman–Crippen MR) is 68.2 cm³/mol. The summed E-state index contributed by atoms with van der Waals surface area (Å²) in [5.41, 5.74) is 0. The van der Waals surface area contributed by atoms with Crippen LogP contribution in [0.25, 0.3) is 0 Å². The van der Waals surface area contributed by atoms with Crippen LogP contribution in [-0.2, 0) is 0 Å². The molecule has 4 unspecified atom stereocenters. The second-order valence-corrected chi connectivity index (χ2v) is 6.64. The van der Waals surface area contributed by atoms with Gasteiger partial charge in [0.25, 0.3) is 0 Å². The Morgan fingerprint density at radius 1 is 0.750 bits per heavy atom. The van der Waals surface area contributed by atoms with Gasteiger partial charge in [-0.3, -0.25) is 0 Å². The molecule has 0 radical (unpaired) electrons. The lowest BCUT2D eigenvalue weighted by Gasteiger charge is -2.43. The standard InChI is InChI=1S/C15H28O/c1-10-8-12(3)15(9-11(10)2)13-4-6-14(16)7-5-13/h10-16H,4-9H2,1-3H3. The molecular formula is C15H28O. The molecule has 2 aliphatic rings. The Bertz CT molecular complexity index is 217. The minimum absolute atomic E-state index is 0.00601. The summed E-state index contributed by atoms with van der Waals surface area (Å²) in [6.07, 6.45) is 7.52. The summed E-state index contributed by atoms with van der Waals surface area (Å²) in [5.74, 6) is 4.59. The monoisotopic (exact) mass is 224 g/mol. The van der Waals surface area contributed by atoms with E-state index in [0.717, 1.165) is 42.4 Å². The van der Waals surface area contributed by atoms with Crippen molar-refractivity contribution in [1.29, 1.82) is 0 Å². The van der Waals surface area contributed by atoms with E-state index < -0.39 is 0 Å². The maximum absolute atomic E-state index is 9.59. The summed E-state index contributed by atoms with van der Waals surface area (Å²) in [6, 6.07) is 0. The van der Waals surface area contributed by atoms with Crippen LogP contribution in [0.4, 0.5) is 0 Å². The van der Waals surface area contributed by atoms with E-state index in [1.165, 1.54) is 25.7 Å². The Kier molecular flexibility index (Phi) is 3.94. The minimum Gasteiger partial charge on any atom is -0.393 e. The quantitative estimate of drug-likeness (QED) is 0.717. The van der Waals surface area contributed by atoms with Crippen molar-refractivity contribution in [3.63, 3.8) is 0 Å². The highest BCUT2D eigenvalue weighted by molar-refractivity contribution is 4.86. The van der Waals surface area contributed by atoms with Crippen LogP contribution >= 0.6 is 0 Å². The van der Waals surface area contributed by atoms with Gasteiger partial charge in [0.15, 0.2) is 0 Å². The molecule has 0 amide bonds. The molecule has 0 aromatic rings. The normalized spacial score (nSPS) is 50.2. The van der Waals surface area contributed by atoms with Gasteiger partial charge in [0.05, 0.1) is 6.10 Å². The second-order valence-electron chi connectivity index (χ2n) is 6.64. The van der Waals surface area contributed by atoms with Crippen molar-refractivity contribution >= 4 is 0 Å². The van der Waals surface area contributed by atoms with Crippen LogP contribution in [0.3, 0.4) is 0 Å². The van der Waals surface area contributed by atoms with E-state index in [1.54, 1.807) is 0 Å². The maximum atomic E-state index is 9.59. The molecule has 1 nitrogen and oxygen atoms in total. The third-order valence-electron chi connectivity index (χ3n) is 5.44. The molecule has 16 heavy (non-hydrogen) atoms. The molecule has 0 saturated heterocycles. The predicted octanol–water partition coefficient (Wildman–Crippen LogP) is 3.86. The van der Waals surface area contributed by atoms with Crippen molar-refractivity contribution in [1.82, 2.24) is 0 Å². The molecular weight excluding hydrogens is 196 g/mol. The Hall–Kier alpha value is -0.0400. The summed E-state index contributed by atoms with van der Waals surface area (Å²) in [7, 11) is 0. The average molecular weight is 224 g/mol. The second kappa shape index (κ2) is 5.08.